The van der Waals surface area contributed by atoms with Gasteiger partial charge < -0.3 is 19.8 Å². The predicted molar refractivity (Wildman–Crippen MR) is 145 cm³/mol. The van der Waals surface area contributed by atoms with Crippen molar-refractivity contribution in [3.8, 4) is 5.75 Å². The van der Waals surface area contributed by atoms with Crippen molar-refractivity contribution in [2.24, 2.45) is 0 Å². The number of benzene rings is 3. The molecular formula is C29H23N3O5S. The monoisotopic (exact) mass is 525 g/mol. The summed E-state index contributed by atoms with van der Waals surface area (Å²) in [4.78, 5) is 41.6. The molecule has 2 N–H and O–H groups in total. The van der Waals surface area contributed by atoms with Crippen LogP contribution in [0.5, 0.6) is 5.75 Å². The number of anilines is 2. The summed E-state index contributed by atoms with van der Waals surface area (Å²) < 4.78 is 10.6. The highest BCUT2D eigenvalue weighted by molar-refractivity contribution is 8.04. The van der Waals surface area contributed by atoms with Gasteiger partial charge in [-0.1, -0.05) is 42.1 Å². The number of hydrogen-bond donors (Lipinski definition) is 2. The van der Waals surface area contributed by atoms with E-state index in [0.717, 1.165) is 16.7 Å². The lowest BCUT2D eigenvalue weighted by molar-refractivity contribution is -0.138. The first-order valence-electron chi connectivity index (χ1n) is 11.7. The molecule has 3 aromatic carbocycles. The van der Waals surface area contributed by atoms with Crippen molar-refractivity contribution < 1.29 is 23.5 Å². The first-order chi connectivity index (χ1) is 18.5. The number of carbonyl (C=O) groups is 3. The fourth-order valence-corrected chi connectivity index (χ4v) is 4.86. The van der Waals surface area contributed by atoms with Crippen molar-refractivity contribution >= 4 is 40.9 Å². The minimum Gasteiger partial charge on any atom is -0.497 e. The van der Waals surface area contributed by atoms with Gasteiger partial charge >= 0.3 is 0 Å². The third-order valence-electron chi connectivity index (χ3n) is 5.71. The van der Waals surface area contributed by atoms with Crippen molar-refractivity contribution in [3.05, 3.63) is 119 Å². The molecule has 1 aliphatic rings. The number of furan rings is 1. The van der Waals surface area contributed by atoms with Crippen molar-refractivity contribution in [1.29, 1.82) is 0 Å². The van der Waals surface area contributed by atoms with Gasteiger partial charge in [-0.05, 0) is 60.7 Å². The SMILES string of the molecule is COc1cccc(C(=O)Nc2cccc(SC3=C(Nc4ccccc4)C(=O)N(Cc4ccco4)C3=O)c2)c1. The molecule has 8 nitrogen and oxygen atoms in total. The van der Waals surface area contributed by atoms with E-state index in [4.69, 9.17) is 9.15 Å². The van der Waals surface area contributed by atoms with Crippen LogP contribution < -0.4 is 15.4 Å². The van der Waals surface area contributed by atoms with Gasteiger partial charge in [-0.3, -0.25) is 19.3 Å². The molecule has 0 fully saturated rings. The number of ether oxygens (including phenoxy) is 1. The normalized spacial score (nSPS) is 13.1. The number of thioether (sulfide) groups is 1. The average Bonchev–Trinajstić information content (AvgIpc) is 3.53. The molecule has 1 aromatic heterocycles. The maximum atomic E-state index is 13.4. The van der Waals surface area contributed by atoms with Crippen LogP contribution in [0.3, 0.4) is 0 Å². The van der Waals surface area contributed by atoms with Crippen molar-refractivity contribution in [2.75, 3.05) is 17.7 Å². The predicted octanol–water partition coefficient (Wildman–Crippen LogP) is 5.53. The Labute approximate surface area is 223 Å². The minimum atomic E-state index is -0.444. The van der Waals surface area contributed by atoms with Gasteiger partial charge in [0.2, 0.25) is 0 Å². The Kier molecular flexibility index (Phi) is 7.28. The van der Waals surface area contributed by atoms with Crippen LogP contribution in [0.4, 0.5) is 11.4 Å². The van der Waals surface area contributed by atoms with Crippen LogP contribution in [-0.4, -0.2) is 29.7 Å². The lowest BCUT2D eigenvalue weighted by atomic mass is 10.2. The molecule has 5 rings (SSSR count). The number of hydrogen-bond acceptors (Lipinski definition) is 7. The van der Waals surface area contributed by atoms with Gasteiger partial charge in [0.25, 0.3) is 17.7 Å². The molecule has 0 spiro atoms. The molecule has 38 heavy (non-hydrogen) atoms. The lowest BCUT2D eigenvalue weighted by Gasteiger charge is -2.13. The van der Waals surface area contributed by atoms with Gasteiger partial charge in [0, 0.05) is 21.8 Å². The molecule has 0 atom stereocenters. The van der Waals surface area contributed by atoms with E-state index in [0.29, 0.717) is 33.3 Å². The topological polar surface area (TPSA) is 101 Å². The molecule has 0 saturated carbocycles. The number of nitrogens with zero attached hydrogens (tertiary/aromatic N) is 1. The summed E-state index contributed by atoms with van der Waals surface area (Å²) >= 11 is 1.15. The maximum absolute atomic E-state index is 13.4. The number of para-hydroxylation sites is 1. The third-order valence-corrected chi connectivity index (χ3v) is 6.78. The minimum absolute atomic E-state index is 0.0192. The quantitative estimate of drug-likeness (QED) is 0.277. The van der Waals surface area contributed by atoms with Crippen LogP contribution in [-0.2, 0) is 16.1 Å². The molecule has 1 aliphatic heterocycles. The lowest BCUT2D eigenvalue weighted by Crippen LogP contribution is -2.31. The molecule has 0 bridgehead atoms. The van der Waals surface area contributed by atoms with Crippen LogP contribution in [0, 0.1) is 0 Å². The van der Waals surface area contributed by atoms with Crippen LogP contribution in [0.25, 0.3) is 0 Å². The van der Waals surface area contributed by atoms with Gasteiger partial charge in [0.05, 0.1) is 19.9 Å². The molecule has 3 amide bonds. The van der Waals surface area contributed by atoms with Gasteiger partial charge in [0.15, 0.2) is 0 Å². The summed E-state index contributed by atoms with van der Waals surface area (Å²) in [7, 11) is 1.54. The molecule has 2 heterocycles. The number of amides is 3. The second-order valence-corrected chi connectivity index (χ2v) is 9.37. The van der Waals surface area contributed by atoms with Crippen molar-refractivity contribution in [3.63, 3.8) is 0 Å². The molecule has 9 heteroatoms. The first kappa shape index (κ1) is 24.9. The summed E-state index contributed by atoms with van der Waals surface area (Å²) in [5.74, 6) is -0.0931. The molecule has 0 saturated heterocycles. The zero-order chi connectivity index (χ0) is 26.5. The third kappa shape index (κ3) is 5.47. The van der Waals surface area contributed by atoms with E-state index in [9.17, 15) is 14.4 Å². The summed E-state index contributed by atoms with van der Waals surface area (Å²) in [5, 5.41) is 5.98. The summed E-state index contributed by atoms with van der Waals surface area (Å²) in [5.41, 5.74) is 1.86. The average molecular weight is 526 g/mol. The number of methoxy groups -OCH3 is 1. The van der Waals surface area contributed by atoms with Crippen LogP contribution in [0.15, 0.2) is 117 Å². The van der Waals surface area contributed by atoms with E-state index in [2.05, 4.69) is 10.6 Å². The highest BCUT2D eigenvalue weighted by atomic mass is 32.2. The number of carbonyl (C=O) groups excluding carboxylic acids is 3. The number of nitrogens with one attached hydrogen (secondary N) is 2. The highest BCUT2D eigenvalue weighted by Crippen LogP contribution is 2.37. The second-order valence-electron chi connectivity index (χ2n) is 8.29. The van der Waals surface area contributed by atoms with E-state index in [-0.39, 0.29) is 23.1 Å². The van der Waals surface area contributed by atoms with Gasteiger partial charge in [-0.25, -0.2) is 0 Å². The van der Waals surface area contributed by atoms with Gasteiger partial charge in [-0.2, -0.15) is 0 Å². The Bertz CT molecular complexity index is 1520. The zero-order valence-corrected chi connectivity index (χ0v) is 21.2. The van der Waals surface area contributed by atoms with Crippen LogP contribution >= 0.6 is 11.8 Å². The molecular weight excluding hydrogens is 502 g/mol. The van der Waals surface area contributed by atoms with Crippen LogP contribution in [0.1, 0.15) is 16.1 Å². The fraction of sp³-hybridized carbons (Fsp3) is 0.0690. The van der Waals surface area contributed by atoms with Crippen molar-refractivity contribution in [2.45, 2.75) is 11.4 Å². The molecule has 0 aliphatic carbocycles. The molecule has 4 aromatic rings. The zero-order valence-electron chi connectivity index (χ0n) is 20.3. The van der Waals surface area contributed by atoms with E-state index >= 15 is 0 Å². The van der Waals surface area contributed by atoms with E-state index in [1.165, 1.54) is 13.4 Å². The van der Waals surface area contributed by atoms with E-state index in [1.807, 2.05) is 36.4 Å². The fourth-order valence-electron chi connectivity index (χ4n) is 3.85. The number of rotatable bonds is 9. The Balaban J connectivity index is 1.40. The second kappa shape index (κ2) is 11.1. The Morgan fingerprint density at radius 2 is 1.68 bits per heavy atom. The van der Waals surface area contributed by atoms with Crippen molar-refractivity contribution in [1.82, 2.24) is 4.90 Å². The van der Waals surface area contributed by atoms with E-state index < -0.39 is 11.8 Å². The summed E-state index contributed by atoms with van der Waals surface area (Å²) in [6.07, 6.45) is 1.50. The summed E-state index contributed by atoms with van der Waals surface area (Å²) in [6, 6.07) is 26.5. The smallest absolute Gasteiger partial charge is 0.278 e. The van der Waals surface area contributed by atoms with Gasteiger partial charge in [0.1, 0.15) is 22.1 Å². The summed E-state index contributed by atoms with van der Waals surface area (Å²) in [6.45, 7) is 0.0192. The number of imide groups is 1. The molecule has 0 unspecified atom stereocenters. The Morgan fingerprint density at radius 3 is 2.45 bits per heavy atom. The maximum Gasteiger partial charge on any atom is 0.278 e. The van der Waals surface area contributed by atoms with Gasteiger partial charge in [-0.15, -0.1) is 0 Å². The molecule has 0 radical (unpaired) electrons. The standard InChI is InChI=1S/C29H23N3O5S/c1-36-22-12-5-8-19(16-22)27(33)31-21-11-6-14-24(17-21)38-26-25(30-20-9-3-2-4-10-20)28(34)32(29(26)35)18-23-13-7-15-37-23/h2-17,30H,18H2,1H3,(H,31,33). The Hall–Kier alpha value is -4.76. The van der Waals surface area contributed by atoms with Crippen LogP contribution in [0.2, 0.25) is 0 Å². The highest BCUT2D eigenvalue weighted by Gasteiger charge is 2.39. The largest absolute Gasteiger partial charge is 0.497 e. The molecule has 190 valence electrons. The first-order valence-corrected chi connectivity index (χ1v) is 12.5. The Morgan fingerprint density at radius 1 is 0.895 bits per heavy atom. The van der Waals surface area contributed by atoms with E-state index in [1.54, 1.807) is 54.6 Å².